The van der Waals surface area contributed by atoms with Crippen LogP contribution in [-0.2, 0) is 9.47 Å². The molecule has 1 spiro atoms. The van der Waals surface area contributed by atoms with E-state index in [1.165, 1.54) is 35.6 Å². The number of amides is 1. The van der Waals surface area contributed by atoms with Crippen LogP contribution in [0.1, 0.15) is 28.2 Å². The molecule has 0 bridgehead atoms. The number of hydrogen-bond acceptors (Lipinski definition) is 6. The number of nitrogens with zero attached hydrogens (tertiary/aromatic N) is 2. The number of thiazole rings is 1. The van der Waals surface area contributed by atoms with Crippen molar-refractivity contribution in [2.24, 2.45) is 0 Å². The summed E-state index contributed by atoms with van der Waals surface area (Å²) in [5, 5.41) is 0.570. The fourth-order valence-electron chi connectivity index (χ4n) is 3.50. The first-order valence-electron chi connectivity index (χ1n) is 9.15. The van der Waals surface area contributed by atoms with Crippen LogP contribution in [0.2, 0.25) is 0 Å². The van der Waals surface area contributed by atoms with E-state index in [9.17, 15) is 18.0 Å². The molecule has 2 aliphatic rings. The molecule has 2 aromatic rings. The highest BCUT2D eigenvalue weighted by atomic mass is 32.1. The summed E-state index contributed by atoms with van der Waals surface area (Å²) in [6, 6.07) is 5.44. The molecular weight excluding hydrogens is 409 g/mol. The van der Waals surface area contributed by atoms with Crippen LogP contribution in [0.3, 0.4) is 0 Å². The molecule has 0 unspecified atom stereocenters. The van der Waals surface area contributed by atoms with Gasteiger partial charge in [0.2, 0.25) is 0 Å². The Morgan fingerprint density at radius 1 is 1.17 bits per heavy atom. The molecule has 29 heavy (non-hydrogen) atoms. The van der Waals surface area contributed by atoms with E-state index in [4.69, 9.17) is 9.47 Å². The van der Waals surface area contributed by atoms with E-state index in [0.29, 0.717) is 60.3 Å². The van der Waals surface area contributed by atoms with Gasteiger partial charge in [0, 0.05) is 31.5 Å². The van der Waals surface area contributed by atoms with E-state index >= 15 is 0 Å². The van der Waals surface area contributed by atoms with Crippen molar-refractivity contribution >= 4 is 17.2 Å². The van der Waals surface area contributed by atoms with Crippen molar-refractivity contribution in [3.63, 3.8) is 0 Å². The third kappa shape index (κ3) is 4.39. The van der Waals surface area contributed by atoms with Gasteiger partial charge in [-0.1, -0.05) is 0 Å². The predicted octanol–water partition coefficient (Wildman–Crippen LogP) is 4.00. The Hall–Kier alpha value is -2.17. The van der Waals surface area contributed by atoms with Gasteiger partial charge >= 0.3 is 6.36 Å². The molecule has 156 valence electrons. The van der Waals surface area contributed by atoms with Crippen molar-refractivity contribution in [3.05, 3.63) is 34.8 Å². The van der Waals surface area contributed by atoms with E-state index in [1.54, 1.807) is 11.8 Å². The molecule has 0 atom stereocenters. The zero-order chi connectivity index (χ0) is 20.6. The molecule has 0 N–H and O–H groups in total. The molecule has 4 rings (SSSR count). The van der Waals surface area contributed by atoms with Crippen LogP contribution >= 0.6 is 11.3 Å². The number of likely N-dealkylation sites (tertiary alicyclic amines) is 1. The minimum Gasteiger partial charge on any atom is -0.406 e. The van der Waals surface area contributed by atoms with Gasteiger partial charge < -0.3 is 19.1 Å². The van der Waals surface area contributed by atoms with Crippen molar-refractivity contribution < 1.29 is 32.2 Å². The van der Waals surface area contributed by atoms with Crippen LogP contribution in [0.4, 0.5) is 13.2 Å². The van der Waals surface area contributed by atoms with Gasteiger partial charge in [-0.05, 0) is 31.2 Å². The summed E-state index contributed by atoms with van der Waals surface area (Å²) in [5.41, 5.74) is 1.22. The number of halogens is 3. The summed E-state index contributed by atoms with van der Waals surface area (Å²) in [7, 11) is 0. The Bertz CT molecular complexity index is 882. The standard InChI is InChI=1S/C19H19F3N2O4S/c1-12-15(17(25)24-8-6-18(7-9-24)26-10-11-27-18)29-16(23-12)13-2-4-14(5-3-13)28-19(20,21)22/h2-5H,6-11H2,1H3. The molecule has 6 nitrogen and oxygen atoms in total. The lowest BCUT2D eigenvalue weighted by Crippen LogP contribution is -2.47. The second kappa shape index (κ2) is 7.58. The molecule has 0 radical (unpaired) electrons. The first-order valence-corrected chi connectivity index (χ1v) is 9.97. The zero-order valence-corrected chi connectivity index (χ0v) is 16.4. The molecule has 2 saturated heterocycles. The van der Waals surface area contributed by atoms with Crippen LogP contribution in [0.5, 0.6) is 5.75 Å². The topological polar surface area (TPSA) is 60.9 Å². The Morgan fingerprint density at radius 3 is 2.38 bits per heavy atom. The fourth-order valence-corrected chi connectivity index (χ4v) is 4.54. The van der Waals surface area contributed by atoms with Crippen LogP contribution in [0, 0.1) is 6.92 Å². The summed E-state index contributed by atoms with van der Waals surface area (Å²) in [5.74, 6) is -0.953. The van der Waals surface area contributed by atoms with Gasteiger partial charge in [0.25, 0.3) is 5.91 Å². The average Bonchev–Trinajstić information content (AvgIpc) is 3.28. The van der Waals surface area contributed by atoms with Crippen LogP contribution in [0.15, 0.2) is 24.3 Å². The maximum absolute atomic E-state index is 12.9. The number of benzene rings is 1. The highest BCUT2D eigenvalue weighted by Gasteiger charge is 2.41. The lowest BCUT2D eigenvalue weighted by molar-refractivity contribution is -0.274. The fraction of sp³-hybridized carbons (Fsp3) is 0.474. The van der Waals surface area contributed by atoms with Crippen molar-refractivity contribution in [1.82, 2.24) is 9.88 Å². The molecule has 3 heterocycles. The number of carbonyl (C=O) groups is 1. The number of rotatable bonds is 3. The number of aromatic nitrogens is 1. The van der Waals surface area contributed by atoms with Crippen LogP contribution in [-0.4, -0.2) is 54.2 Å². The number of ether oxygens (including phenoxy) is 3. The molecule has 0 aliphatic carbocycles. The maximum Gasteiger partial charge on any atom is 0.573 e. The molecule has 0 saturated carbocycles. The van der Waals surface area contributed by atoms with Gasteiger partial charge in [-0.3, -0.25) is 4.79 Å². The second-order valence-electron chi connectivity index (χ2n) is 6.91. The Kier molecular flexibility index (Phi) is 5.26. The summed E-state index contributed by atoms with van der Waals surface area (Å²) >= 11 is 1.23. The van der Waals surface area contributed by atoms with Crippen molar-refractivity contribution in [2.75, 3.05) is 26.3 Å². The lowest BCUT2D eigenvalue weighted by atomic mass is 10.0. The minimum atomic E-state index is -4.74. The average molecular weight is 428 g/mol. The Morgan fingerprint density at radius 2 is 1.79 bits per heavy atom. The molecule has 1 amide bonds. The summed E-state index contributed by atoms with van der Waals surface area (Å²) < 4.78 is 52.1. The molecule has 2 aliphatic heterocycles. The van der Waals surface area contributed by atoms with E-state index in [1.807, 2.05) is 0 Å². The third-order valence-corrected chi connectivity index (χ3v) is 6.15. The molecular formula is C19H19F3N2O4S. The van der Waals surface area contributed by atoms with Crippen LogP contribution < -0.4 is 4.74 Å². The largest absolute Gasteiger partial charge is 0.573 e. The highest BCUT2D eigenvalue weighted by molar-refractivity contribution is 7.17. The van der Waals surface area contributed by atoms with E-state index < -0.39 is 12.1 Å². The van der Waals surface area contributed by atoms with Gasteiger partial charge in [0.05, 0.1) is 18.9 Å². The first-order chi connectivity index (χ1) is 13.7. The number of aryl methyl sites for hydroxylation is 1. The summed E-state index contributed by atoms with van der Waals surface area (Å²) in [6.07, 6.45) is -3.48. The van der Waals surface area contributed by atoms with Gasteiger partial charge in [-0.15, -0.1) is 24.5 Å². The number of hydrogen-bond donors (Lipinski definition) is 0. The van der Waals surface area contributed by atoms with Gasteiger partial charge in [-0.2, -0.15) is 0 Å². The quantitative estimate of drug-likeness (QED) is 0.740. The Labute approximate surface area is 169 Å². The monoisotopic (exact) mass is 428 g/mol. The summed E-state index contributed by atoms with van der Waals surface area (Å²) in [4.78, 5) is 19.7. The second-order valence-corrected chi connectivity index (χ2v) is 7.90. The first kappa shape index (κ1) is 20.1. The van der Waals surface area contributed by atoms with Gasteiger partial charge in [0.15, 0.2) is 5.79 Å². The third-order valence-electron chi connectivity index (χ3n) is 4.95. The van der Waals surface area contributed by atoms with Crippen molar-refractivity contribution in [1.29, 1.82) is 0 Å². The normalized spacial score (nSPS) is 19.0. The maximum atomic E-state index is 12.9. The molecule has 2 fully saturated rings. The Balaban J connectivity index is 1.46. The molecule has 1 aromatic carbocycles. The SMILES string of the molecule is Cc1nc(-c2ccc(OC(F)(F)F)cc2)sc1C(=O)N1CCC2(CC1)OCCO2. The highest BCUT2D eigenvalue weighted by Crippen LogP contribution is 2.34. The van der Waals surface area contributed by atoms with Crippen LogP contribution in [0.25, 0.3) is 10.6 Å². The number of carbonyl (C=O) groups excluding carboxylic acids is 1. The van der Waals surface area contributed by atoms with Crippen molar-refractivity contribution in [3.8, 4) is 16.3 Å². The van der Waals surface area contributed by atoms with E-state index in [-0.39, 0.29) is 11.7 Å². The number of alkyl halides is 3. The smallest absolute Gasteiger partial charge is 0.406 e. The lowest BCUT2D eigenvalue weighted by Gasteiger charge is -2.37. The van der Waals surface area contributed by atoms with Crippen molar-refractivity contribution in [2.45, 2.75) is 31.9 Å². The van der Waals surface area contributed by atoms with E-state index in [0.717, 1.165) is 0 Å². The van der Waals surface area contributed by atoms with E-state index in [2.05, 4.69) is 9.72 Å². The molecule has 1 aromatic heterocycles. The van der Waals surface area contributed by atoms with Gasteiger partial charge in [0.1, 0.15) is 15.6 Å². The molecule has 10 heteroatoms. The predicted molar refractivity (Wildman–Crippen MR) is 98.7 cm³/mol. The minimum absolute atomic E-state index is 0.101. The number of piperidine rings is 1. The van der Waals surface area contributed by atoms with Gasteiger partial charge in [-0.25, -0.2) is 4.98 Å². The summed E-state index contributed by atoms with van der Waals surface area (Å²) in [6.45, 7) is 3.99. The zero-order valence-electron chi connectivity index (χ0n) is 15.6.